The Morgan fingerprint density at radius 3 is 2.91 bits per heavy atom. The summed E-state index contributed by atoms with van der Waals surface area (Å²) in [5.41, 5.74) is 9.29. The van der Waals surface area contributed by atoms with E-state index in [1.807, 2.05) is 12.1 Å². The van der Waals surface area contributed by atoms with E-state index in [0.29, 0.717) is 23.4 Å². The van der Waals surface area contributed by atoms with Crippen molar-refractivity contribution in [3.63, 3.8) is 0 Å². The summed E-state index contributed by atoms with van der Waals surface area (Å²) < 4.78 is 1.67. The van der Waals surface area contributed by atoms with E-state index in [1.54, 1.807) is 16.8 Å². The van der Waals surface area contributed by atoms with Crippen LogP contribution in [0.4, 0.5) is 5.69 Å². The molecule has 1 aliphatic rings. The molecule has 3 N–H and O–H groups in total. The fraction of sp³-hybridized carbons (Fsp3) is 0.312. The second-order valence-corrected chi connectivity index (χ2v) is 5.44. The van der Waals surface area contributed by atoms with Crippen molar-refractivity contribution in [3.8, 4) is 11.3 Å². The van der Waals surface area contributed by atoms with Crippen LogP contribution in [0, 0.1) is 0 Å². The molecular formula is C16H17N3O3. The number of nitrogens with zero attached hydrogens (tertiary/aromatic N) is 2. The number of aliphatic carboxylic acids is 1. The lowest BCUT2D eigenvalue weighted by Crippen LogP contribution is -2.15. The van der Waals surface area contributed by atoms with Gasteiger partial charge in [0.15, 0.2) is 5.78 Å². The average Bonchev–Trinajstić information content (AvgIpc) is 2.85. The smallest absolute Gasteiger partial charge is 0.305 e. The maximum absolute atomic E-state index is 12.3. The van der Waals surface area contributed by atoms with Crippen LogP contribution >= 0.6 is 0 Å². The summed E-state index contributed by atoms with van der Waals surface area (Å²) in [5, 5.41) is 13.4. The Balaban J connectivity index is 2.09. The molecule has 1 aromatic carbocycles. The predicted octanol–water partition coefficient (Wildman–Crippen LogP) is 2.13. The van der Waals surface area contributed by atoms with E-state index >= 15 is 0 Å². The highest BCUT2D eigenvalue weighted by molar-refractivity contribution is 6.03. The summed E-state index contributed by atoms with van der Waals surface area (Å²) in [6.07, 6.45) is 2.02. The maximum atomic E-state index is 12.3. The van der Waals surface area contributed by atoms with Crippen LogP contribution in [-0.2, 0) is 17.8 Å². The van der Waals surface area contributed by atoms with Crippen LogP contribution in [0.25, 0.3) is 11.3 Å². The third-order valence-corrected chi connectivity index (χ3v) is 3.85. The van der Waals surface area contributed by atoms with Crippen molar-refractivity contribution in [3.05, 3.63) is 35.5 Å². The molecule has 1 heterocycles. The van der Waals surface area contributed by atoms with Crippen LogP contribution in [0.15, 0.2) is 24.3 Å². The summed E-state index contributed by atoms with van der Waals surface area (Å²) in [6.45, 7) is 0.271. The number of Topliss-reactive ketones (excluding diaryl/α,β-unsaturated/α-hetero) is 1. The second kappa shape index (κ2) is 5.63. The number of hydrogen-bond donors (Lipinski definition) is 2. The number of ketones is 1. The van der Waals surface area contributed by atoms with Crippen LogP contribution < -0.4 is 5.73 Å². The highest BCUT2D eigenvalue weighted by atomic mass is 16.4. The van der Waals surface area contributed by atoms with Crippen molar-refractivity contribution >= 4 is 17.4 Å². The molecule has 1 aromatic heterocycles. The van der Waals surface area contributed by atoms with Gasteiger partial charge >= 0.3 is 5.97 Å². The number of nitrogen functional groups attached to an aromatic ring is 1. The monoisotopic (exact) mass is 299 g/mol. The minimum atomic E-state index is -0.878. The van der Waals surface area contributed by atoms with Crippen LogP contribution in [0.5, 0.6) is 0 Å². The molecule has 22 heavy (non-hydrogen) atoms. The zero-order valence-corrected chi connectivity index (χ0v) is 12.1. The van der Waals surface area contributed by atoms with E-state index in [2.05, 4.69) is 5.10 Å². The van der Waals surface area contributed by atoms with Crippen molar-refractivity contribution in [1.82, 2.24) is 9.78 Å². The molecule has 0 radical (unpaired) electrons. The van der Waals surface area contributed by atoms with Gasteiger partial charge in [-0.3, -0.25) is 14.3 Å². The molecule has 114 valence electrons. The van der Waals surface area contributed by atoms with Gasteiger partial charge in [-0.05, 0) is 25.0 Å². The Kier molecular flexibility index (Phi) is 3.66. The number of nitrogens with two attached hydrogens (primary N) is 1. The molecule has 0 amide bonds. The summed E-state index contributed by atoms with van der Waals surface area (Å²) in [7, 11) is 0. The highest BCUT2D eigenvalue weighted by Gasteiger charge is 2.27. The van der Waals surface area contributed by atoms with Gasteiger partial charge in [-0.2, -0.15) is 5.10 Å². The number of carboxylic acid groups (broad SMARTS) is 1. The van der Waals surface area contributed by atoms with Crippen molar-refractivity contribution in [2.75, 3.05) is 5.73 Å². The van der Waals surface area contributed by atoms with E-state index in [0.717, 1.165) is 24.1 Å². The Hall–Kier alpha value is -2.63. The highest BCUT2D eigenvalue weighted by Crippen LogP contribution is 2.32. The Morgan fingerprint density at radius 1 is 1.36 bits per heavy atom. The quantitative estimate of drug-likeness (QED) is 0.843. The van der Waals surface area contributed by atoms with Gasteiger partial charge in [-0.15, -0.1) is 0 Å². The second-order valence-electron chi connectivity index (χ2n) is 5.44. The summed E-state index contributed by atoms with van der Waals surface area (Å²) in [4.78, 5) is 23.1. The molecule has 0 bridgehead atoms. The first-order valence-electron chi connectivity index (χ1n) is 7.27. The molecule has 1 aliphatic carbocycles. The predicted molar refractivity (Wildman–Crippen MR) is 81.6 cm³/mol. The van der Waals surface area contributed by atoms with E-state index in [9.17, 15) is 9.59 Å². The molecule has 0 atom stereocenters. The van der Waals surface area contributed by atoms with Gasteiger partial charge in [0.1, 0.15) is 5.69 Å². The topological polar surface area (TPSA) is 98.2 Å². The molecule has 0 aliphatic heterocycles. The lowest BCUT2D eigenvalue weighted by Gasteiger charge is -2.13. The molecule has 0 fully saturated rings. The van der Waals surface area contributed by atoms with Crippen LogP contribution in [0.3, 0.4) is 0 Å². The van der Waals surface area contributed by atoms with Crippen molar-refractivity contribution in [2.45, 2.75) is 32.2 Å². The number of rotatable bonds is 4. The molecule has 0 saturated heterocycles. The van der Waals surface area contributed by atoms with Crippen molar-refractivity contribution in [1.29, 1.82) is 0 Å². The lowest BCUT2D eigenvalue weighted by molar-refractivity contribution is -0.137. The standard InChI is InChI=1S/C16H17N3O3/c17-11-4-1-3-10(9-11)16-15-12(5-2-6-13(15)20)19(18-16)8-7-14(21)22/h1,3-4,9H,2,5-8,17H2,(H,21,22). The molecular weight excluding hydrogens is 282 g/mol. The van der Waals surface area contributed by atoms with Gasteiger partial charge in [-0.25, -0.2) is 0 Å². The molecule has 2 aromatic rings. The fourth-order valence-corrected chi connectivity index (χ4v) is 2.86. The number of fused-ring (bicyclic) bond motifs is 1. The van der Waals surface area contributed by atoms with Crippen molar-refractivity contribution in [2.24, 2.45) is 0 Å². The first kappa shape index (κ1) is 14.3. The summed E-state index contributed by atoms with van der Waals surface area (Å²) >= 11 is 0. The first-order chi connectivity index (χ1) is 10.6. The number of carbonyl (C=O) groups is 2. The minimum Gasteiger partial charge on any atom is -0.481 e. The number of aromatic nitrogens is 2. The van der Waals surface area contributed by atoms with Gasteiger partial charge in [-0.1, -0.05) is 12.1 Å². The van der Waals surface area contributed by atoms with Crippen LogP contribution in [0.1, 0.15) is 35.3 Å². The largest absolute Gasteiger partial charge is 0.481 e. The Bertz CT molecular complexity index is 749. The zero-order valence-electron chi connectivity index (χ0n) is 12.1. The maximum Gasteiger partial charge on any atom is 0.305 e. The normalized spacial score (nSPS) is 13.9. The molecule has 0 unspecified atom stereocenters. The molecule has 6 nitrogen and oxygen atoms in total. The van der Waals surface area contributed by atoms with Crippen LogP contribution in [0.2, 0.25) is 0 Å². The number of hydrogen-bond acceptors (Lipinski definition) is 4. The molecule has 0 spiro atoms. The van der Waals surface area contributed by atoms with Gasteiger partial charge in [0.25, 0.3) is 0 Å². The number of anilines is 1. The molecule has 0 saturated carbocycles. The van der Waals surface area contributed by atoms with Gasteiger partial charge < -0.3 is 10.8 Å². The Morgan fingerprint density at radius 2 is 2.18 bits per heavy atom. The van der Waals surface area contributed by atoms with Gasteiger partial charge in [0.05, 0.1) is 18.5 Å². The Labute approximate surface area is 127 Å². The van der Waals surface area contributed by atoms with E-state index in [4.69, 9.17) is 10.8 Å². The van der Waals surface area contributed by atoms with E-state index in [-0.39, 0.29) is 18.7 Å². The third kappa shape index (κ3) is 2.59. The minimum absolute atomic E-state index is 0.0152. The average molecular weight is 299 g/mol. The zero-order chi connectivity index (χ0) is 15.7. The number of carbonyl (C=O) groups excluding carboxylic acids is 1. The fourth-order valence-electron chi connectivity index (χ4n) is 2.86. The van der Waals surface area contributed by atoms with Gasteiger partial charge in [0.2, 0.25) is 0 Å². The van der Waals surface area contributed by atoms with Gasteiger partial charge in [0, 0.05) is 23.4 Å². The SMILES string of the molecule is Nc1cccc(-c2nn(CCC(=O)O)c3c2C(=O)CCC3)c1. The first-order valence-corrected chi connectivity index (χ1v) is 7.27. The summed E-state index contributed by atoms with van der Waals surface area (Å²) in [5.74, 6) is -0.808. The number of aryl methyl sites for hydroxylation is 1. The molecule has 6 heteroatoms. The lowest BCUT2D eigenvalue weighted by atomic mass is 9.92. The number of carboxylic acids is 1. The van der Waals surface area contributed by atoms with Crippen molar-refractivity contribution < 1.29 is 14.7 Å². The molecule has 3 rings (SSSR count). The third-order valence-electron chi connectivity index (χ3n) is 3.85. The summed E-state index contributed by atoms with van der Waals surface area (Å²) in [6, 6.07) is 7.24. The number of benzene rings is 1. The van der Waals surface area contributed by atoms with E-state index < -0.39 is 5.97 Å². The van der Waals surface area contributed by atoms with E-state index in [1.165, 1.54) is 0 Å². The van der Waals surface area contributed by atoms with Crippen LogP contribution in [-0.4, -0.2) is 26.6 Å².